The monoisotopic (exact) mass is 358 g/mol. The van der Waals surface area contributed by atoms with Crippen molar-refractivity contribution in [2.24, 2.45) is 14.1 Å². The van der Waals surface area contributed by atoms with E-state index in [2.05, 4.69) is 10.3 Å². The molecule has 9 heteroatoms. The number of aromatic nitrogens is 3. The Bertz CT molecular complexity index is 1120. The zero-order chi connectivity index (χ0) is 18.8. The topological polar surface area (TPSA) is 95.2 Å². The molecular formula is C17H15FN4O4. The van der Waals surface area contributed by atoms with Gasteiger partial charge in [0.15, 0.2) is 18.2 Å². The first-order valence-electron chi connectivity index (χ1n) is 7.61. The fraction of sp³-hybridized carbons (Fsp3) is 0.176. The molecule has 1 N–H and O–H groups in total. The van der Waals surface area contributed by atoms with Gasteiger partial charge in [0.25, 0.3) is 11.5 Å². The molecule has 0 aliphatic carbocycles. The average Bonchev–Trinajstić information content (AvgIpc) is 2.64. The lowest BCUT2D eigenvalue weighted by molar-refractivity contribution is -0.118. The molecule has 0 aliphatic heterocycles. The van der Waals surface area contributed by atoms with E-state index in [9.17, 15) is 18.8 Å². The Kier molecular flexibility index (Phi) is 4.53. The van der Waals surface area contributed by atoms with Crippen LogP contribution in [-0.4, -0.2) is 26.6 Å². The number of rotatable bonds is 4. The second-order valence-electron chi connectivity index (χ2n) is 5.57. The lowest BCUT2D eigenvalue weighted by atomic mass is 10.3. The summed E-state index contributed by atoms with van der Waals surface area (Å²) in [7, 11) is 2.86. The number of nitrogens with one attached hydrogen (secondary N) is 1. The maximum Gasteiger partial charge on any atom is 0.332 e. The van der Waals surface area contributed by atoms with Crippen LogP contribution < -0.4 is 21.3 Å². The smallest absolute Gasteiger partial charge is 0.332 e. The van der Waals surface area contributed by atoms with Crippen molar-refractivity contribution in [3.05, 3.63) is 63.2 Å². The quantitative estimate of drug-likeness (QED) is 0.744. The molecule has 0 radical (unpaired) electrons. The number of halogens is 1. The van der Waals surface area contributed by atoms with Gasteiger partial charge in [-0.25, -0.2) is 14.2 Å². The molecule has 1 amide bonds. The van der Waals surface area contributed by atoms with Crippen LogP contribution in [-0.2, 0) is 18.9 Å². The van der Waals surface area contributed by atoms with Crippen molar-refractivity contribution in [2.75, 3.05) is 11.9 Å². The Labute approximate surface area is 146 Å². The van der Waals surface area contributed by atoms with E-state index in [1.165, 1.54) is 49.1 Å². The fourth-order valence-electron chi connectivity index (χ4n) is 2.44. The van der Waals surface area contributed by atoms with Crippen molar-refractivity contribution in [1.29, 1.82) is 0 Å². The normalized spacial score (nSPS) is 10.7. The number of anilines is 1. The number of nitrogens with zero attached hydrogens (tertiary/aromatic N) is 3. The number of pyridine rings is 1. The highest BCUT2D eigenvalue weighted by Gasteiger charge is 2.12. The Morgan fingerprint density at radius 2 is 1.96 bits per heavy atom. The lowest BCUT2D eigenvalue weighted by Crippen LogP contribution is -2.37. The van der Waals surface area contributed by atoms with Crippen LogP contribution in [0.3, 0.4) is 0 Å². The first-order chi connectivity index (χ1) is 12.4. The summed E-state index contributed by atoms with van der Waals surface area (Å²) >= 11 is 0. The molecule has 0 atom stereocenters. The predicted molar refractivity (Wildman–Crippen MR) is 92.7 cm³/mol. The van der Waals surface area contributed by atoms with E-state index in [4.69, 9.17) is 4.74 Å². The van der Waals surface area contributed by atoms with Crippen LogP contribution in [0.15, 0.2) is 46.1 Å². The number of fused-ring (bicyclic) bond motifs is 1. The van der Waals surface area contributed by atoms with Gasteiger partial charge in [-0.15, -0.1) is 0 Å². The zero-order valence-corrected chi connectivity index (χ0v) is 14.0. The number of ether oxygens (including phenoxy) is 1. The highest BCUT2D eigenvalue weighted by Crippen LogP contribution is 2.16. The van der Waals surface area contributed by atoms with Gasteiger partial charge in [-0.2, -0.15) is 0 Å². The molecule has 1 aromatic carbocycles. The largest absolute Gasteiger partial charge is 0.481 e. The molecule has 0 fully saturated rings. The van der Waals surface area contributed by atoms with Gasteiger partial charge in [-0.3, -0.25) is 18.7 Å². The molecule has 0 unspecified atom stereocenters. The SMILES string of the molecule is Cn1c(=O)c2cc(NC(=O)COc3ccccc3F)cnc2n(C)c1=O. The predicted octanol–water partition coefficient (Wildman–Crippen LogP) is 0.789. The number of carbonyl (C=O) groups excluding carboxylic acids is 1. The van der Waals surface area contributed by atoms with Gasteiger partial charge in [0.05, 0.1) is 17.3 Å². The molecule has 0 bridgehead atoms. The van der Waals surface area contributed by atoms with E-state index < -0.39 is 29.6 Å². The van der Waals surface area contributed by atoms with Crippen LogP contribution in [0.4, 0.5) is 10.1 Å². The molecule has 0 spiro atoms. The van der Waals surface area contributed by atoms with Crippen LogP contribution >= 0.6 is 0 Å². The zero-order valence-electron chi connectivity index (χ0n) is 14.0. The molecule has 26 heavy (non-hydrogen) atoms. The summed E-state index contributed by atoms with van der Waals surface area (Å²) in [5, 5.41) is 2.70. The van der Waals surface area contributed by atoms with Crippen LogP contribution in [0.1, 0.15) is 0 Å². The third-order valence-corrected chi connectivity index (χ3v) is 3.77. The average molecular weight is 358 g/mol. The van der Waals surface area contributed by atoms with Crippen LogP contribution in [0.5, 0.6) is 5.75 Å². The molecule has 2 aromatic heterocycles. The van der Waals surface area contributed by atoms with Crippen molar-refractivity contribution in [1.82, 2.24) is 14.1 Å². The number of carbonyl (C=O) groups is 1. The van der Waals surface area contributed by atoms with Gasteiger partial charge in [-0.05, 0) is 18.2 Å². The summed E-state index contributed by atoms with van der Waals surface area (Å²) in [5.74, 6) is -1.16. The van der Waals surface area contributed by atoms with E-state index in [0.29, 0.717) is 0 Å². The second kappa shape index (κ2) is 6.79. The summed E-state index contributed by atoms with van der Waals surface area (Å²) in [6.07, 6.45) is 1.32. The lowest BCUT2D eigenvalue weighted by Gasteiger charge is -2.10. The molecule has 3 rings (SSSR count). The van der Waals surface area contributed by atoms with E-state index in [0.717, 1.165) is 4.57 Å². The number of aryl methyl sites for hydroxylation is 1. The summed E-state index contributed by atoms with van der Waals surface area (Å²) in [4.78, 5) is 40.1. The van der Waals surface area contributed by atoms with E-state index in [-0.39, 0.29) is 22.5 Å². The van der Waals surface area contributed by atoms with E-state index in [1.54, 1.807) is 6.07 Å². The van der Waals surface area contributed by atoms with Crippen molar-refractivity contribution < 1.29 is 13.9 Å². The maximum absolute atomic E-state index is 13.5. The van der Waals surface area contributed by atoms with Gasteiger partial charge in [-0.1, -0.05) is 12.1 Å². The van der Waals surface area contributed by atoms with Crippen molar-refractivity contribution in [3.63, 3.8) is 0 Å². The first-order valence-corrected chi connectivity index (χ1v) is 7.61. The number of para-hydroxylation sites is 1. The number of hydrogen-bond acceptors (Lipinski definition) is 5. The molecular weight excluding hydrogens is 343 g/mol. The summed E-state index contributed by atoms with van der Waals surface area (Å²) in [6, 6.07) is 7.15. The maximum atomic E-state index is 13.5. The van der Waals surface area contributed by atoms with Crippen molar-refractivity contribution in [2.45, 2.75) is 0 Å². The number of benzene rings is 1. The highest BCUT2D eigenvalue weighted by atomic mass is 19.1. The molecule has 0 saturated heterocycles. The van der Waals surface area contributed by atoms with Gasteiger partial charge in [0.1, 0.15) is 5.65 Å². The Morgan fingerprint density at radius 1 is 1.23 bits per heavy atom. The number of amides is 1. The van der Waals surface area contributed by atoms with Gasteiger partial charge in [0, 0.05) is 14.1 Å². The van der Waals surface area contributed by atoms with E-state index in [1.807, 2.05) is 0 Å². The van der Waals surface area contributed by atoms with Gasteiger partial charge >= 0.3 is 5.69 Å². The summed E-state index contributed by atoms with van der Waals surface area (Å²) in [6.45, 7) is -0.412. The summed E-state index contributed by atoms with van der Waals surface area (Å²) < 4.78 is 20.8. The minimum atomic E-state index is -0.572. The Hall–Kier alpha value is -3.49. The molecule has 0 saturated carbocycles. The summed E-state index contributed by atoms with van der Waals surface area (Å²) in [5.41, 5.74) is -0.548. The standard InChI is InChI=1S/C17H15FN4O4/c1-21-15-11(16(24)22(2)17(21)25)7-10(8-19-15)20-14(23)9-26-13-6-4-3-5-12(13)18/h3-8H,9H2,1-2H3,(H,20,23). The third-order valence-electron chi connectivity index (χ3n) is 3.77. The minimum absolute atomic E-state index is 0.0387. The third kappa shape index (κ3) is 3.18. The highest BCUT2D eigenvalue weighted by molar-refractivity contribution is 5.93. The van der Waals surface area contributed by atoms with Crippen LogP contribution in [0, 0.1) is 5.82 Å². The number of hydrogen-bond donors (Lipinski definition) is 1. The molecule has 3 aromatic rings. The minimum Gasteiger partial charge on any atom is -0.481 e. The molecule has 8 nitrogen and oxygen atoms in total. The van der Waals surface area contributed by atoms with E-state index >= 15 is 0 Å². The van der Waals surface area contributed by atoms with Gasteiger partial charge in [0.2, 0.25) is 0 Å². The fourth-order valence-corrected chi connectivity index (χ4v) is 2.44. The molecule has 0 aliphatic rings. The Balaban J connectivity index is 1.81. The first kappa shape index (κ1) is 17.3. The Morgan fingerprint density at radius 3 is 2.69 bits per heavy atom. The van der Waals surface area contributed by atoms with Crippen LogP contribution in [0.25, 0.3) is 11.0 Å². The van der Waals surface area contributed by atoms with Crippen molar-refractivity contribution in [3.8, 4) is 5.75 Å². The molecule has 134 valence electrons. The second-order valence-corrected chi connectivity index (χ2v) is 5.57. The van der Waals surface area contributed by atoms with Gasteiger partial charge < -0.3 is 10.1 Å². The van der Waals surface area contributed by atoms with Crippen LogP contribution in [0.2, 0.25) is 0 Å². The molecule has 2 heterocycles. The van der Waals surface area contributed by atoms with Crippen molar-refractivity contribution >= 4 is 22.6 Å².